The highest BCUT2D eigenvalue weighted by Gasteiger charge is 2.13. The lowest BCUT2D eigenvalue weighted by atomic mass is 9.94. The highest BCUT2D eigenvalue weighted by molar-refractivity contribution is 5.35. The van der Waals surface area contributed by atoms with Crippen LogP contribution in [0.2, 0.25) is 0 Å². The Hall–Kier alpha value is -1.60. The molecule has 0 radical (unpaired) electrons. The SMILES string of the molecule is CCNC(c1ccc(CC(C)C)cc1)c1ccc(CC(C)C)cc1. The highest BCUT2D eigenvalue weighted by Crippen LogP contribution is 2.24. The van der Waals surface area contributed by atoms with Crippen LogP contribution in [0.25, 0.3) is 0 Å². The van der Waals surface area contributed by atoms with E-state index in [1.165, 1.54) is 22.3 Å². The summed E-state index contributed by atoms with van der Waals surface area (Å²) in [4.78, 5) is 0. The van der Waals surface area contributed by atoms with Gasteiger partial charge in [-0.1, -0.05) is 83.1 Å². The van der Waals surface area contributed by atoms with E-state index < -0.39 is 0 Å². The second kappa shape index (κ2) is 9.03. The fraction of sp³-hybridized carbons (Fsp3) is 0.478. The van der Waals surface area contributed by atoms with Gasteiger partial charge in [-0.2, -0.15) is 0 Å². The van der Waals surface area contributed by atoms with E-state index in [9.17, 15) is 0 Å². The molecule has 0 fully saturated rings. The molecule has 24 heavy (non-hydrogen) atoms. The zero-order chi connectivity index (χ0) is 17.5. The third-order valence-corrected chi connectivity index (χ3v) is 4.32. The van der Waals surface area contributed by atoms with E-state index in [-0.39, 0.29) is 6.04 Å². The number of benzene rings is 2. The molecule has 0 aliphatic carbocycles. The van der Waals surface area contributed by atoms with Crippen molar-refractivity contribution in [3.63, 3.8) is 0 Å². The minimum absolute atomic E-state index is 0.274. The van der Waals surface area contributed by atoms with E-state index in [4.69, 9.17) is 0 Å². The molecule has 0 aromatic heterocycles. The van der Waals surface area contributed by atoms with Gasteiger partial charge in [-0.05, 0) is 53.5 Å². The molecule has 0 saturated heterocycles. The number of nitrogens with one attached hydrogen (secondary N) is 1. The van der Waals surface area contributed by atoms with Crippen molar-refractivity contribution in [2.45, 2.75) is 53.5 Å². The number of hydrogen-bond donors (Lipinski definition) is 1. The van der Waals surface area contributed by atoms with Crippen molar-refractivity contribution < 1.29 is 0 Å². The van der Waals surface area contributed by atoms with Crippen molar-refractivity contribution >= 4 is 0 Å². The predicted octanol–water partition coefficient (Wildman–Crippen LogP) is 5.78. The molecule has 0 aliphatic rings. The third kappa shape index (κ3) is 5.49. The van der Waals surface area contributed by atoms with E-state index in [2.05, 4.69) is 88.5 Å². The maximum Gasteiger partial charge on any atom is 0.0576 e. The lowest BCUT2D eigenvalue weighted by Gasteiger charge is -2.20. The van der Waals surface area contributed by atoms with E-state index in [0.29, 0.717) is 11.8 Å². The topological polar surface area (TPSA) is 12.0 Å². The van der Waals surface area contributed by atoms with Gasteiger partial charge in [0.1, 0.15) is 0 Å². The molecule has 0 saturated carbocycles. The summed E-state index contributed by atoms with van der Waals surface area (Å²) >= 11 is 0. The summed E-state index contributed by atoms with van der Waals surface area (Å²) < 4.78 is 0. The van der Waals surface area contributed by atoms with E-state index in [1.54, 1.807) is 0 Å². The van der Waals surface area contributed by atoms with Crippen LogP contribution in [0.3, 0.4) is 0 Å². The van der Waals surface area contributed by atoms with E-state index in [0.717, 1.165) is 19.4 Å². The van der Waals surface area contributed by atoms with E-state index in [1.807, 2.05) is 0 Å². The van der Waals surface area contributed by atoms with Crippen LogP contribution in [0.5, 0.6) is 0 Å². The maximum atomic E-state index is 3.64. The minimum Gasteiger partial charge on any atom is -0.307 e. The van der Waals surface area contributed by atoms with Crippen LogP contribution in [-0.2, 0) is 12.8 Å². The summed E-state index contributed by atoms with van der Waals surface area (Å²) in [6.45, 7) is 12.2. The van der Waals surface area contributed by atoms with Gasteiger partial charge in [0.25, 0.3) is 0 Å². The molecule has 0 bridgehead atoms. The average Bonchev–Trinajstić information content (AvgIpc) is 2.53. The molecule has 2 aromatic carbocycles. The monoisotopic (exact) mass is 323 g/mol. The van der Waals surface area contributed by atoms with Gasteiger partial charge in [-0.15, -0.1) is 0 Å². The van der Waals surface area contributed by atoms with E-state index >= 15 is 0 Å². The lowest BCUT2D eigenvalue weighted by Crippen LogP contribution is -2.22. The average molecular weight is 324 g/mol. The third-order valence-electron chi connectivity index (χ3n) is 4.32. The summed E-state index contributed by atoms with van der Waals surface area (Å²) in [6.07, 6.45) is 2.30. The molecule has 2 rings (SSSR count). The van der Waals surface area contributed by atoms with Gasteiger partial charge in [-0.3, -0.25) is 0 Å². The van der Waals surface area contributed by atoms with Crippen LogP contribution in [0.1, 0.15) is 62.9 Å². The van der Waals surface area contributed by atoms with Crippen molar-refractivity contribution in [2.24, 2.45) is 11.8 Å². The Morgan fingerprint density at radius 1 is 0.667 bits per heavy atom. The predicted molar refractivity (Wildman–Crippen MR) is 105 cm³/mol. The molecule has 0 atom stereocenters. The lowest BCUT2D eigenvalue weighted by molar-refractivity contribution is 0.625. The Labute approximate surface area is 148 Å². The molecule has 1 nitrogen and oxygen atoms in total. The Kier molecular flexibility index (Phi) is 7.05. The first-order chi connectivity index (χ1) is 11.5. The molecule has 0 amide bonds. The second-order valence-electron chi connectivity index (χ2n) is 7.67. The Bertz CT molecular complexity index is 539. The normalized spacial score (nSPS) is 11.7. The quantitative estimate of drug-likeness (QED) is 0.649. The zero-order valence-electron chi connectivity index (χ0n) is 16.0. The van der Waals surface area contributed by atoms with Crippen molar-refractivity contribution in [3.8, 4) is 0 Å². The fourth-order valence-electron chi connectivity index (χ4n) is 3.27. The zero-order valence-corrected chi connectivity index (χ0v) is 16.0. The standard InChI is InChI=1S/C23H33N/c1-6-24-23(21-11-7-19(8-12-21)15-17(2)3)22-13-9-20(10-14-22)16-18(4)5/h7-14,17-18,23-24H,6,15-16H2,1-5H3. The van der Waals surface area contributed by atoms with Crippen LogP contribution < -0.4 is 5.32 Å². The Morgan fingerprint density at radius 2 is 1.04 bits per heavy atom. The summed E-state index contributed by atoms with van der Waals surface area (Å²) in [5.41, 5.74) is 5.55. The largest absolute Gasteiger partial charge is 0.307 e. The van der Waals surface area contributed by atoms with Gasteiger partial charge in [0.05, 0.1) is 6.04 Å². The molecule has 1 N–H and O–H groups in total. The Balaban J connectivity index is 2.19. The molecule has 1 heteroatoms. The van der Waals surface area contributed by atoms with Crippen molar-refractivity contribution in [2.75, 3.05) is 6.54 Å². The summed E-state index contributed by atoms with van der Waals surface area (Å²) in [5.74, 6) is 1.41. The smallest absolute Gasteiger partial charge is 0.0576 e. The summed E-state index contributed by atoms with van der Waals surface area (Å²) in [5, 5.41) is 3.64. The summed E-state index contributed by atoms with van der Waals surface area (Å²) in [6, 6.07) is 18.6. The molecule has 0 aliphatic heterocycles. The minimum atomic E-state index is 0.274. The fourth-order valence-corrected chi connectivity index (χ4v) is 3.27. The van der Waals surface area contributed by atoms with Gasteiger partial charge in [0, 0.05) is 0 Å². The van der Waals surface area contributed by atoms with Gasteiger partial charge < -0.3 is 5.32 Å². The molecule has 130 valence electrons. The van der Waals surface area contributed by atoms with Gasteiger partial charge in [-0.25, -0.2) is 0 Å². The maximum absolute atomic E-state index is 3.64. The number of hydrogen-bond acceptors (Lipinski definition) is 1. The van der Waals surface area contributed by atoms with Gasteiger partial charge in [0.2, 0.25) is 0 Å². The van der Waals surface area contributed by atoms with Crippen LogP contribution >= 0.6 is 0 Å². The van der Waals surface area contributed by atoms with Gasteiger partial charge >= 0.3 is 0 Å². The van der Waals surface area contributed by atoms with Crippen molar-refractivity contribution in [1.82, 2.24) is 5.32 Å². The molecular formula is C23H33N. The van der Waals surface area contributed by atoms with Crippen LogP contribution in [0.15, 0.2) is 48.5 Å². The first-order valence-electron chi connectivity index (χ1n) is 9.40. The number of rotatable bonds is 8. The highest BCUT2D eigenvalue weighted by atomic mass is 14.9. The first kappa shape index (κ1) is 18.7. The van der Waals surface area contributed by atoms with Gasteiger partial charge in [0.15, 0.2) is 0 Å². The van der Waals surface area contributed by atoms with Crippen LogP contribution in [-0.4, -0.2) is 6.54 Å². The molecule has 2 aromatic rings. The van der Waals surface area contributed by atoms with Crippen molar-refractivity contribution in [1.29, 1.82) is 0 Å². The summed E-state index contributed by atoms with van der Waals surface area (Å²) in [7, 11) is 0. The second-order valence-corrected chi connectivity index (χ2v) is 7.67. The first-order valence-corrected chi connectivity index (χ1v) is 9.40. The van der Waals surface area contributed by atoms with Crippen LogP contribution in [0.4, 0.5) is 0 Å². The Morgan fingerprint density at radius 3 is 1.33 bits per heavy atom. The molecule has 0 unspecified atom stereocenters. The van der Waals surface area contributed by atoms with Crippen molar-refractivity contribution in [3.05, 3.63) is 70.8 Å². The van der Waals surface area contributed by atoms with Crippen LogP contribution in [0, 0.1) is 11.8 Å². The molecule has 0 heterocycles. The molecular weight excluding hydrogens is 290 g/mol. The molecule has 0 spiro atoms.